The van der Waals surface area contributed by atoms with Crippen LogP contribution in [0.25, 0.3) is 33.3 Å². The van der Waals surface area contributed by atoms with Crippen molar-refractivity contribution in [1.29, 1.82) is 0 Å². The molecular weight excluding hydrogens is 188 g/mol. The molecule has 0 fully saturated rings. The number of hydrogen-bond acceptors (Lipinski definition) is 3. The van der Waals surface area contributed by atoms with Gasteiger partial charge in [-0.1, -0.05) is 36.4 Å². The Balaban J connectivity index is 2.35. The van der Waals surface area contributed by atoms with Crippen LogP contribution < -0.4 is 0 Å². The SMILES string of the molecule is c1cc2c3c(cccc3c1)-c1nonc1-2. The van der Waals surface area contributed by atoms with Crippen LogP contribution in [0.15, 0.2) is 41.0 Å². The fourth-order valence-corrected chi connectivity index (χ4v) is 2.28. The van der Waals surface area contributed by atoms with Crippen molar-refractivity contribution in [3.8, 4) is 22.5 Å². The third kappa shape index (κ3) is 0.722. The summed E-state index contributed by atoms with van der Waals surface area (Å²) in [5.41, 5.74) is 3.97. The lowest BCUT2D eigenvalue weighted by atomic mass is 10.0. The van der Waals surface area contributed by atoms with Crippen molar-refractivity contribution in [1.82, 2.24) is 10.3 Å². The molecule has 0 unspecified atom stereocenters. The van der Waals surface area contributed by atoms with E-state index in [0.29, 0.717) is 0 Å². The Morgan fingerprint density at radius 3 is 2.00 bits per heavy atom. The summed E-state index contributed by atoms with van der Waals surface area (Å²) in [6.07, 6.45) is 0. The standard InChI is InChI=1S/C12H6N2O/c1-3-7-4-2-6-9-10(7)8(5-1)11-12(9)14-15-13-11/h1-6H. The van der Waals surface area contributed by atoms with Gasteiger partial charge < -0.3 is 0 Å². The lowest BCUT2D eigenvalue weighted by Crippen LogP contribution is -1.76. The van der Waals surface area contributed by atoms with E-state index >= 15 is 0 Å². The normalized spacial score (nSPS) is 12.0. The van der Waals surface area contributed by atoms with Gasteiger partial charge in [0.1, 0.15) is 11.4 Å². The van der Waals surface area contributed by atoms with Crippen LogP contribution in [0.5, 0.6) is 0 Å². The molecule has 2 aromatic carbocycles. The Morgan fingerprint density at radius 1 is 0.800 bits per heavy atom. The molecule has 3 aromatic rings. The molecule has 0 radical (unpaired) electrons. The summed E-state index contributed by atoms with van der Waals surface area (Å²) in [5, 5.41) is 10.4. The van der Waals surface area contributed by atoms with Crippen LogP contribution in [-0.2, 0) is 0 Å². The first-order chi connectivity index (χ1) is 7.45. The van der Waals surface area contributed by atoms with Gasteiger partial charge >= 0.3 is 0 Å². The minimum atomic E-state index is 0.863. The molecule has 70 valence electrons. The van der Waals surface area contributed by atoms with E-state index in [4.69, 9.17) is 4.63 Å². The zero-order valence-electron chi connectivity index (χ0n) is 7.77. The van der Waals surface area contributed by atoms with Crippen molar-refractivity contribution in [2.45, 2.75) is 0 Å². The molecule has 1 aromatic heterocycles. The molecule has 0 amide bonds. The Morgan fingerprint density at radius 2 is 1.40 bits per heavy atom. The number of benzene rings is 2. The predicted molar refractivity (Wildman–Crippen MR) is 56.2 cm³/mol. The van der Waals surface area contributed by atoms with Gasteiger partial charge in [-0.25, -0.2) is 4.63 Å². The molecule has 0 N–H and O–H groups in total. The lowest BCUT2D eigenvalue weighted by molar-refractivity contribution is 0.309. The van der Waals surface area contributed by atoms with Gasteiger partial charge in [0, 0.05) is 16.5 Å². The van der Waals surface area contributed by atoms with Crippen LogP contribution in [0.1, 0.15) is 0 Å². The molecule has 0 atom stereocenters. The quantitative estimate of drug-likeness (QED) is 0.432. The molecule has 0 spiro atoms. The molecule has 15 heavy (non-hydrogen) atoms. The summed E-state index contributed by atoms with van der Waals surface area (Å²) in [5.74, 6) is 0. The number of hydrogen-bond donors (Lipinski definition) is 0. The number of aromatic nitrogens is 2. The van der Waals surface area contributed by atoms with E-state index in [2.05, 4.69) is 34.6 Å². The summed E-state index contributed by atoms with van der Waals surface area (Å²) in [7, 11) is 0. The molecule has 0 saturated carbocycles. The average molecular weight is 194 g/mol. The summed E-state index contributed by atoms with van der Waals surface area (Å²) in [4.78, 5) is 0. The predicted octanol–water partition coefficient (Wildman–Crippen LogP) is 2.87. The van der Waals surface area contributed by atoms with E-state index in [9.17, 15) is 0 Å². The Hall–Kier alpha value is -2.16. The first-order valence-corrected chi connectivity index (χ1v) is 4.80. The van der Waals surface area contributed by atoms with Crippen LogP contribution in [0.4, 0.5) is 0 Å². The highest BCUT2D eigenvalue weighted by Gasteiger charge is 2.25. The van der Waals surface area contributed by atoms with Gasteiger partial charge in [0.25, 0.3) is 0 Å². The van der Waals surface area contributed by atoms with Gasteiger partial charge in [-0.2, -0.15) is 0 Å². The molecular formula is C12H6N2O. The van der Waals surface area contributed by atoms with E-state index in [-0.39, 0.29) is 0 Å². The van der Waals surface area contributed by atoms with E-state index in [1.807, 2.05) is 12.1 Å². The first kappa shape index (κ1) is 7.17. The van der Waals surface area contributed by atoms with Gasteiger partial charge in [-0.15, -0.1) is 0 Å². The molecule has 4 rings (SSSR count). The van der Waals surface area contributed by atoms with Crippen molar-refractivity contribution < 1.29 is 4.63 Å². The Kier molecular flexibility index (Phi) is 1.08. The number of fused-ring (bicyclic) bond motifs is 3. The van der Waals surface area contributed by atoms with Crippen LogP contribution in [0, 0.1) is 0 Å². The highest BCUT2D eigenvalue weighted by molar-refractivity contribution is 6.12. The summed E-state index contributed by atoms with van der Waals surface area (Å²) < 4.78 is 4.78. The molecule has 1 aliphatic carbocycles. The Labute approximate surface area is 85.3 Å². The zero-order valence-corrected chi connectivity index (χ0v) is 7.77. The maximum atomic E-state index is 4.78. The van der Waals surface area contributed by atoms with Gasteiger partial charge in [-0.05, 0) is 15.7 Å². The van der Waals surface area contributed by atoms with E-state index in [0.717, 1.165) is 22.5 Å². The first-order valence-electron chi connectivity index (χ1n) is 4.80. The van der Waals surface area contributed by atoms with E-state index < -0.39 is 0 Å². The molecule has 0 bridgehead atoms. The molecule has 1 heterocycles. The highest BCUT2D eigenvalue weighted by Crippen LogP contribution is 2.44. The van der Waals surface area contributed by atoms with Crippen molar-refractivity contribution in [2.24, 2.45) is 0 Å². The zero-order chi connectivity index (χ0) is 9.83. The minimum absolute atomic E-state index is 0.863. The minimum Gasteiger partial charge on any atom is -0.243 e. The third-order valence-corrected chi connectivity index (χ3v) is 2.90. The average Bonchev–Trinajstić information content (AvgIpc) is 2.84. The van der Waals surface area contributed by atoms with Gasteiger partial charge in [-0.3, -0.25) is 0 Å². The molecule has 0 saturated heterocycles. The van der Waals surface area contributed by atoms with Crippen LogP contribution >= 0.6 is 0 Å². The largest absolute Gasteiger partial charge is 0.243 e. The van der Waals surface area contributed by atoms with Crippen LogP contribution in [0.2, 0.25) is 0 Å². The lowest BCUT2D eigenvalue weighted by Gasteiger charge is -1.99. The van der Waals surface area contributed by atoms with Crippen molar-refractivity contribution in [3.63, 3.8) is 0 Å². The topological polar surface area (TPSA) is 38.9 Å². The fourth-order valence-electron chi connectivity index (χ4n) is 2.28. The maximum absolute atomic E-state index is 4.78. The smallest absolute Gasteiger partial charge is 0.143 e. The maximum Gasteiger partial charge on any atom is 0.143 e. The monoisotopic (exact) mass is 194 g/mol. The van der Waals surface area contributed by atoms with Gasteiger partial charge in [0.15, 0.2) is 0 Å². The second-order valence-electron chi connectivity index (χ2n) is 3.67. The fraction of sp³-hybridized carbons (Fsp3) is 0. The Bertz CT molecular complexity index is 632. The third-order valence-electron chi connectivity index (χ3n) is 2.90. The second kappa shape index (κ2) is 2.25. The van der Waals surface area contributed by atoms with Crippen molar-refractivity contribution in [3.05, 3.63) is 36.4 Å². The van der Waals surface area contributed by atoms with Gasteiger partial charge in [0.05, 0.1) is 0 Å². The van der Waals surface area contributed by atoms with E-state index in [1.54, 1.807) is 0 Å². The molecule has 0 aliphatic heterocycles. The van der Waals surface area contributed by atoms with Crippen molar-refractivity contribution >= 4 is 10.8 Å². The van der Waals surface area contributed by atoms with E-state index in [1.165, 1.54) is 10.8 Å². The van der Waals surface area contributed by atoms with Gasteiger partial charge in [0.2, 0.25) is 0 Å². The molecule has 3 nitrogen and oxygen atoms in total. The second-order valence-corrected chi connectivity index (χ2v) is 3.67. The summed E-state index contributed by atoms with van der Waals surface area (Å²) >= 11 is 0. The number of rotatable bonds is 0. The molecule has 3 heteroatoms. The summed E-state index contributed by atoms with van der Waals surface area (Å²) in [6.45, 7) is 0. The van der Waals surface area contributed by atoms with Crippen molar-refractivity contribution in [2.75, 3.05) is 0 Å². The van der Waals surface area contributed by atoms with Crippen LogP contribution in [0.3, 0.4) is 0 Å². The summed E-state index contributed by atoms with van der Waals surface area (Å²) in [6, 6.07) is 12.4. The molecule has 1 aliphatic rings. The van der Waals surface area contributed by atoms with Crippen LogP contribution in [-0.4, -0.2) is 10.3 Å². The number of nitrogens with zero attached hydrogens (tertiary/aromatic N) is 2. The highest BCUT2D eigenvalue weighted by atomic mass is 16.6.